The van der Waals surface area contributed by atoms with Crippen molar-refractivity contribution in [1.82, 2.24) is 15.4 Å². The second kappa shape index (κ2) is 8.63. The third kappa shape index (κ3) is 4.74. The first kappa shape index (κ1) is 22.4. The quantitative estimate of drug-likeness (QED) is 0.316. The van der Waals surface area contributed by atoms with Crippen molar-refractivity contribution >= 4 is 63.6 Å². The van der Waals surface area contributed by atoms with Crippen LogP contribution in [0.15, 0.2) is 30.3 Å². The van der Waals surface area contributed by atoms with Gasteiger partial charge in [0, 0.05) is 6.54 Å². The summed E-state index contributed by atoms with van der Waals surface area (Å²) in [4.78, 5) is 37.8. The van der Waals surface area contributed by atoms with Gasteiger partial charge >= 0.3 is 52.0 Å². The zero-order valence-corrected chi connectivity index (χ0v) is 14.7. The van der Waals surface area contributed by atoms with Gasteiger partial charge in [-0.3, -0.25) is 14.8 Å². The molecule has 5 amide bonds. The van der Waals surface area contributed by atoms with Crippen LogP contribution in [0.4, 0.5) is 15.3 Å². The van der Waals surface area contributed by atoms with E-state index in [2.05, 4.69) is 9.71 Å². The number of anilines is 1. The number of piperidine rings is 1. The number of benzene rings is 1. The maximum atomic E-state index is 12.6. The summed E-state index contributed by atoms with van der Waals surface area (Å²) in [5.74, 6) is -0.668. The molecular weight excluding hydrogens is 405 g/mol. The average molecular weight is 423 g/mol. The van der Waals surface area contributed by atoms with E-state index in [9.17, 15) is 22.8 Å². The van der Waals surface area contributed by atoms with Crippen molar-refractivity contribution in [3.05, 3.63) is 30.3 Å². The molecule has 0 aliphatic carbocycles. The number of hydrogen-bond acceptors (Lipinski definition) is 6. The van der Waals surface area contributed by atoms with Gasteiger partial charge in [0.15, 0.2) is 0 Å². The molecule has 2 saturated heterocycles. The van der Waals surface area contributed by atoms with E-state index in [0.717, 1.165) is 9.91 Å². The fraction of sp³-hybridized carbons (Fsp3) is 0.357. The molecule has 1 aromatic carbocycles. The molecule has 0 aromatic heterocycles. The van der Waals surface area contributed by atoms with Crippen LogP contribution in [0.25, 0.3) is 0 Å². The van der Waals surface area contributed by atoms with Crippen LogP contribution in [0.2, 0.25) is 0 Å². The Kier molecular flexibility index (Phi) is 6.90. The summed E-state index contributed by atoms with van der Waals surface area (Å²) >= 11 is 0. The molecule has 28 heavy (non-hydrogen) atoms. The van der Waals surface area contributed by atoms with Crippen LogP contribution in [0, 0.1) is 0 Å². The topological polar surface area (TPSA) is 163 Å². The van der Waals surface area contributed by atoms with Gasteiger partial charge in [-0.2, -0.15) is 13.5 Å². The van der Waals surface area contributed by atoms with E-state index < -0.39 is 40.5 Å². The number of nitrogens with two attached hydrogens (primary N) is 1. The minimum atomic E-state index is -4.87. The molecule has 2 bridgehead atoms. The molecule has 2 aliphatic heterocycles. The molecule has 0 saturated carbocycles. The Balaban J connectivity index is 0.00000280. The van der Waals surface area contributed by atoms with Gasteiger partial charge in [0.2, 0.25) is 0 Å². The molecule has 2 fully saturated rings. The second-order valence-electron chi connectivity index (χ2n) is 6.00. The Morgan fingerprint density at radius 1 is 1.25 bits per heavy atom. The number of carbonyl (C=O) groups excluding carboxylic acids is 3. The summed E-state index contributed by atoms with van der Waals surface area (Å²) in [6.07, 6.45) is 0.465. The number of fused-ring (bicyclic) bond motifs is 2. The first-order chi connectivity index (χ1) is 12.7. The third-order valence-electron chi connectivity index (χ3n) is 4.26. The SMILES string of the molecule is NC(=O)N(NC(=O)C1CCC2CN1C(=O)N2OS(=O)(=O)O)c1ccccc1.[NaH]. The van der Waals surface area contributed by atoms with Gasteiger partial charge < -0.3 is 10.6 Å². The number of hydrazine groups is 1. The van der Waals surface area contributed by atoms with E-state index in [4.69, 9.17) is 10.3 Å². The first-order valence-corrected chi connectivity index (χ1v) is 9.26. The number of hydroxylamine groups is 2. The molecule has 0 radical (unpaired) electrons. The molecular formula is C14H18N5NaO7S. The summed E-state index contributed by atoms with van der Waals surface area (Å²) < 4.78 is 34.9. The van der Waals surface area contributed by atoms with Gasteiger partial charge in [0.05, 0.1) is 11.7 Å². The number of urea groups is 2. The molecule has 0 spiro atoms. The molecule has 2 unspecified atom stereocenters. The fourth-order valence-corrected chi connectivity index (χ4v) is 3.50. The van der Waals surface area contributed by atoms with E-state index in [0.29, 0.717) is 10.8 Å². The maximum absolute atomic E-state index is 12.6. The molecule has 148 valence electrons. The predicted octanol–water partition coefficient (Wildman–Crippen LogP) is -1.04. The van der Waals surface area contributed by atoms with Crippen LogP contribution in [-0.4, -0.2) is 89.1 Å². The fourth-order valence-electron chi connectivity index (χ4n) is 3.11. The summed E-state index contributed by atoms with van der Waals surface area (Å²) in [5.41, 5.74) is 8.01. The normalized spacial score (nSPS) is 21.1. The van der Waals surface area contributed by atoms with Gasteiger partial charge in [0.25, 0.3) is 5.91 Å². The summed E-state index contributed by atoms with van der Waals surface area (Å²) in [6, 6.07) is 4.76. The average Bonchev–Trinajstić information content (AvgIpc) is 2.83. The Morgan fingerprint density at radius 3 is 2.46 bits per heavy atom. The molecule has 2 heterocycles. The van der Waals surface area contributed by atoms with Crippen molar-refractivity contribution in [3.8, 4) is 0 Å². The van der Waals surface area contributed by atoms with Crippen molar-refractivity contribution in [2.75, 3.05) is 11.6 Å². The van der Waals surface area contributed by atoms with Crippen molar-refractivity contribution in [1.29, 1.82) is 0 Å². The molecule has 4 N–H and O–H groups in total. The number of carbonyl (C=O) groups is 3. The second-order valence-corrected chi connectivity index (χ2v) is 7.00. The number of para-hydroxylation sites is 1. The van der Waals surface area contributed by atoms with Crippen molar-refractivity contribution in [2.24, 2.45) is 5.73 Å². The molecule has 14 heteroatoms. The van der Waals surface area contributed by atoms with Crippen LogP contribution in [0.3, 0.4) is 0 Å². The minimum absolute atomic E-state index is 0. The van der Waals surface area contributed by atoms with E-state index in [1.165, 1.54) is 0 Å². The molecule has 1 aromatic rings. The Hall–Kier alpha value is -1.90. The van der Waals surface area contributed by atoms with Crippen LogP contribution in [0.5, 0.6) is 0 Å². The van der Waals surface area contributed by atoms with E-state index in [1.54, 1.807) is 30.3 Å². The van der Waals surface area contributed by atoms with E-state index >= 15 is 0 Å². The Morgan fingerprint density at radius 2 is 1.89 bits per heavy atom. The predicted molar refractivity (Wildman–Crippen MR) is 97.2 cm³/mol. The zero-order valence-electron chi connectivity index (χ0n) is 13.9. The summed E-state index contributed by atoms with van der Waals surface area (Å²) in [7, 11) is -4.87. The third-order valence-corrected chi connectivity index (χ3v) is 4.61. The Bertz CT molecular complexity index is 868. The standard InChI is InChI=1S/C14H17N5O7S.Na.H/c15-13(21)18(9-4-2-1-3-5-9)16-12(20)11-7-6-10-8-17(11)14(22)19(10)26-27(23,24)25;;/h1-5,10-11H,6-8H2,(H2,15,21)(H,16,20)(H,23,24,25);;. The number of primary amides is 1. The van der Waals surface area contributed by atoms with Gasteiger partial charge in [-0.25, -0.2) is 14.6 Å². The van der Waals surface area contributed by atoms with Gasteiger partial charge in [-0.15, -0.1) is 4.28 Å². The Labute approximate surface area is 182 Å². The van der Waals surface area contributed by atoms with Crippen LogP contribution in [0.1, 0.15) is 12.8 Å². The van der Waals surface area contributed by atoms with E-state index in [-0.39, 0.29) is 48.9 Å². The number of rotatable bonds is 4. The number of nitrogens with zero attached hydrogens (tertiary/aromatic N) is 3. The number of nitrogens with one attached hydrogen (secondary N) is 1. The monoisotopic (exact) mass is 423 g/mol. The van der Waals surface area contributed by atoms with Gasteiger partial charge in [-0.1, -0.05) is 18.2 Å². The zero-order chi connectivity index (χ0) is 19.8. The first-order valence-electron chi connectivity index (χ1n) is 7.89. The van der Waals surface area contributed by atoms with Crippen molar-refractivity contribution < 1.29 is 31.6 Å². The number of amides is 5. The van der Waals surface area contributed by atoms with Gasteiger partial charge in [0.1, 0.15) is 6.04 Å². The molecule has 2 aliphatic rings. The molecule has 12 nitrogen and oxygen atoms in total. The van der Waals surface area contributed by atoms with E-state index in [1.807, 2.05) is 0 Å². The number of hydrogen-bond donors (Lipinski definition) is 3. The van der Waals surface area contributed by atoms with Crippen LogP contribution in [-0.2, 0) is 19.5 Å². The van der Waals surface area contributed by atoms with Crippen LogP contribution < -0.4 is 16.2 Å². The summed E-state index contributed by atoms with van der Waals surface area (Å²) in [6.45, 7) is 0.0361. The van der Waals surface area contributed by atoms with Crippen LogP contribution >= 0.6 is 0 Å². The van der Waals surface area contributed by atoms with Crippen molar-refractivity contribution in [3.63, 3.8) is 0 Å². The molecule has 2 atom stereocenters. The summed E-state index contributed by atoms with van der Waals surface area (Å²) in [5, 5.41) is 1.38. The van der Waals surface area contributed by atoms with Gasteiger partial charge in [-0.05, 0) is 25.0 Å². The molecule has 3 rings (SSSR count). The van der Waals surface area contributed by atoms with Crippen molar-refractivity contribution in [2.45, 2.75) is 24.9 Å².